The van der Waals surface area contributed by atoms with Crippen molar-refractivity contribution in [2.75, 3.05) is 6.61 Å². The molecule has 0 unspecified atom stereocenters. The third kappa shape index (κ3) is 9.66. The van der Waals surface area contributed by atoms with Gasteiger partial charge in [-0.05, 0) is 18.9 Å². The highest BCUT2D eigenvalue weighted by atomic mass is 28.3. The van der Waals surface area contributed by atoms with Crippen LogP contribution in [-0.4, -0.2) is 32.6 Å². The lowest BCUT2D eigenvalue weighted by Crippen LogP contribution is -2.44. The van der Waals surface area contributed by atoms with E-state index in [4.69, 9.17) is 4.74 Å². The van der Waals surface area contributed by atoms with Gasteiger partial charge in [-0.3, -0.25) is 4.79 Å². The molecule has 21 heavy (non-hydrogen) atoms. The molecule has 0 aromatic carbocycles. The number of nitrogens with one attached hydrogen (secondary N) is 1. The summed E-state index contributed by atoms with van der Waals surface area (Å²) in [6, 6.07) is 0.459. The number of esters is 1. The normalized spacial score (nSPS) is 14.4. The Morgan fingerprint density at radius 1 is 1.10 bits per heavy atom. The first-order valence-electron chi connectivity index (χ1n) is 8.18. The van der Waals surface area contributed by atoms with Crippen LogP contribution >= 0.6 is 0 Å². The SMILES string of the molecule is CCC[C@@H](C)C(=O)N[C@@H](CCC)C(=O)OCC[Si](C)(C)C. The summed E-state index contributed by atoms with van der Waals surface area (Å²) in [5.74, 6) is -0.381. The summed E-state index contributed by atoms with van der Waals surface area (Å²) >= 11 is 0. The fourth-order valence-corrected chi connectivity index (χ4v) is 2.69. The highest BCUT2D eigenvalue weighted by Crippen LogP contribution is 2.10. The first kappa shape index (κ1) is 20.2. The van der Waals surface area contributed by atoms with Crippen LogP contribution in [0.1, 0.15) is 46.5 Å². The standard InChI is InChI=1S/C16H33NO3Si/c1-7-9-13(3)15(18)17-14(10-8-2)16(19)20-11-12-21(4,5)6/h13-14H,7-12H2,1-6H3,(H,17,18)/t13-,14+/m1/s1. The van der Waals surface area contributed by atoms with Gasteiger partial charge < -0.3 is 10.1 Å². The second kappa shape index (κ2) is 9.98. The monoisotopic (exact) mass is 315 g/mol. The van der Waals surface area contributed by atoms with Gasteiger partial charge in [0.25, 0.3) is 0 Å². The highest BCUT2D eigenvalue weighted by molar-refractivity contribution is 6.76. The van der Waals surface area contributed by atoms with Crippen molar-refractivity contribution < 1.29 is 14.3 Å². The third-order valence-electron chi connectivity index (χ3n) is 3.44. The van der Waals surface area contributed by atoms with Crippen LogP contribution in [0.25, 0.3) is 0 Å². The van der Waals surface area contributed by atoms with E-state index in [-0.39, 0.29) is 17.8 Å². The number of ether oxygens (including phenoxy) is 1. The Balaban J connectivity index is 4.39. The molecule has 0 saturated carbocycles. The summed E-state index contributed by atoms with van der Waals surface area (Å²) in [5, 5.41) is 2.85. The summed E-state index contributed by atoms with van der Waals surface area (Å²) in [6.07, 6.45) is 3.29. The summed E-state index contributed by atoms with van der Waals surface area (Å²) in [7, 11) is -1.20. The average Bonchev–Trinajstić information content (AvgIpc) is 2.36. The minimum Gasteiger partial charge on any atom is -0.464 e. The van der Waals surface area contributed by atoms with Crippen LogP contribution in [0, 0.1) is 5.92 Å². The van der Waals surface area contributed by atoms with Crippen LogP contribution in [0.2, 0.25) is 25.7 Å². The van der Waals surface area contributed by atoms with Crippen molar-refractivity contribution >= 4 is 20.0 Å². The van der Waals surface area contributed by atoms with E-state index in [1.165, 1.54) is 0 Å². The average molecular weight is 316 g/mol. The van der Waals surface area contributed by atoms with Gasteiger partial charge in [0.05, 0.1) is 6.61 Å². The zero-order valence-corrected chi connectivity index (χ0v) is 15.6. The lowest BCUT2D eigenvalue weighted by atomic mass is 10.0. The van der Waals surface area contributed by atoms with Crippen molar-refractivity contribution in [2.45, 2.75) is 78.2 Å². The van der Waals surface area contributed by atoms with Crippen molar-refractivity contribution in [1.29, 1.82) is 0 Å². The Morgan fingerprint density at radius 3 is 2.14 bits per heavy atom. The Kier molecular flexibility index (Phi) is 9.58. The van der Waals surface area contributed by atoms with Crippen LogP contribution < -0.4 is 5.32 Å². The van der Waals surface area contributed by atoms with E-state index in [9.17, 15) is 9.59 Å². The van der Waals surface area contributed by atoms with E-state index in [1.807, 2.05) is 13.8 Å². The number of carbonyl (C=O) groups is 2. The molecule has 0 aliphatic carbocycles. The largest absolute Gasteiger partial charge is 0.464 e. The van der Waals surface area contributed by atoms with Gasteiger partial charge >= 0.3 is 5.97 Å². The van der Waals surface area contributed by atoms with Gasteiger partial charge in [0, 0.05) is 14.0 Å². The summed E-state index contributed by atoms with van der Waals surface area (Å²) in [6.45, 7) is 13.2. The fourth-order valence-electron chi connectivity index (χ4n) is 1.97. The number of rotatable bonds is 10. The maximum Gasteiger partial charge on any atom is 0.328 e. The van der Waals surface area contributed by atoms with Gasteiger partial charge in [-0.15, -0.1) is 0 Å². The highest BCUT2D eigenvalue weighted by Gasteiger charge is 2.24. The van der Waals surface area contributed by atoms with Crippen LogP contribution in [0.3, 0.4) is 0 Å². The van der Waals surface area contributed by atoms with Gasteiger partial charge in [-0.25, -0.2) is 4.79 Å². The van der Waals surface area contributed by atoms with Gasteiger partial charge in [0.15, 0.2) is 0 Å². The quantitative estimate of drug-likeness (QED) is 0.495. The Morgan fingerprint density at radius 2 is 1.67 bits per heavy atom. The van der Waals surface area contributed by atoms with E-state index in [0.29, 0.717) is 13.0 Å². The van der Waals surface area contributed by atoms with Crippen molar-refractivity contribution in [3.8, 4) is 0 Å². The van der Waals surface area contributed by atoms with Gasteiger partial charge in [0.2, 0.25) is 5.91 Å². The topological polar surface area (TPSA) is 55.4 Å². The molecule has 0 spiro atoms. The van der Waals surface area contributed by atoms with Gasteiger partial charge in [0.1, 0.15) is 6.04 Å². The number of amides is 1. The molecular formula is C16H33NO3Si. The Bertz CT molecular complexity index is 326. The smallest absolute Gasteiger partial charge is 0.328 e. The number of hydrogen-bond acceptors (Lipinski definition) is 3. The van der Waals surface area contributed by atoms with E-state index >= 15 is 0 Å². The zero-order valence-electron chi connectivity index (χ0n) is 14.6. The fraction of sp³-hybridized carbons (Fsp3) is 0.875. The molecule has 0 bridgehead atoms. The molecule has 0 aromatic heterocycles. The molecule has 0 saturated heterocycles. The van der Waals surface area contributed by atoms with E-state index in [1.54, 1.807) is 0 Å². The van der Waals surface area contributed by atoms with Crippen LogP contribution in [0.4, 0.5) is 0 Å². The molecule has 0 heterocycles. The van der Waals surface area contributed by atoms with Crippen molar-refractivity contribution in [2.24, 2.45) is 5.92 Å². The molecule has 0 fully saturated rings. The minimum absolute atomic E-state index is 0.0440. The third-order valence-corrected chi connectivity index (χ3v) is 5.15. The second-order valence-electron chi connectivity index (χ2n) is 7.02. The second-order valence-corrected chi connectivity index (χ2v) is 12.6. The van der Waals surface area contributed by atoms with Crippen molar-refractivity contribution in [3.05, 3.63) is 0 Å². The summed E-state index contributed by atoms with van der Waals surface area (Å²) in [5.41, 5.74) is 0. The predicted molar refractivity (Wildman–Crippen MR) is 90.0 cm³/mol. The summed E-state index contributed by atoms with van der Waals surface area (Å²) in [4.78, 5) is 24.2. The molecule has 4 nitrogen and oxygen atoms in total. The molecule has 0 rings (SSSR count). The van der Waals surface area contributed by atoms with Crippen LogP contribution in [0.15, 0.2) is 0 Å². The number of hydrogen-bond donors (Lipinski definition) is 1. The first-order valence-corrected chi connectivity index (χ1v) is 11.9. The molecule has 0 aliphatic rings. The lowest BCUT2D eigenvalue weighted by Gasteiger charge is -2.21. The Hall–Kier alpha value is -0.843. The molecule has 0 aromatic rings. The van der Waals surface area contributed by atoms with Crippen LogP contribution in [0.5, 0.6) is 0 Å². The van der Waals surface area contributed by atoms with Crippen LogP contribution in [-0.2, 0) is 14.3 Å². The molecule has 1 N–H and O–H groups in total. The molecule has 0 aliphatic heterocycles. The first-order chi connectivity index (χ1) is 9.71. The van der Waals surface area contributed by atoms with Crippen molar-refractivity contribution in [3.63, 3.8) is 0 Å². The zero-order chi connectivity index (χ0) is 16.5. The van der Waals surface area contributed by atoms with E-state index in [2.05, 4.69) is 31.9 Å². The van der Waals surface area contributed by atoms with Gasteiger partial charge in [-0.2, -0.15) is 0 Å². The minimum atomic E-state index is -1.20. The summed E-state index contributed by atoms with van der Waals surface area (Å²) < 4.78 is 5.35. The Labute approximate surface area is 131 Å². The lowest BCUT2D eigenvalue weighted by molar-refractivity contribution is -0.148. The molecule has 124 valence electrons. The maximum atomic E-state index is 12.1. The maximum absolute atomic E-state index is 12.1. The predicted octanol–water partition coefficient (Wildman–Crippen LogP) is 3.59. The molecule has 0 radical (unpaired) electrons. The molecule has 2 atom stereocenters. The van der Waals surface area contributed by atoms with Gasteiger partial charge in [-0.1, -0.05) is 53.3 Å². The molecular weight excluding hydrogens is 282 g/mol. The number of carbonyl (C=O) groups excluding carboxylic acids is 2. The molecule has 5 heteroatoms. The molecule has 1 amide bonds. The van der Waals surface area contributed by atoms with Crippen molar-refractivity contribution in [1.82, 2.24) is 5.32 Å². The van der Waals surface area contributed by atoms with E-state index < -0.39 is 14.1 Å². The van der Waals surface area contributed by atoms with E-state index in [0.717, 1.165) is 25.3 Å².